The number of ether oxygens (including phenoxy) is 1. The Morgan fingerprint density at radius 2 is 1.43 bits per heavy atom. The van der Waals surface area contributed by atoms with E-state index >= 15 is 0 Å². The van der Waals surface area contributed by atoms with Crippen molar-refractivity contribution in [3.8, 4) is 5.75 Å². The number of rotatable bonds is 10. The summed E-state index contributed by atoms with van der Waals surface area (Å²) in [6.45, 7) is 14.3. The third-order valence-electron chi connectivity index (χ3n) is 11.4. The van der Waals surface area contributed by atoms with Crippen molar-refractivity contribution >= 4 is 28.9 Å². The van der Waals surface area contributed by atoms with Crippen LogP contribution in [-0.2, 0) is 9.59 Å². The van der Waals surface area contributed by atoms with Gasteiger partial charge in [0.15, 0.2) is 5.58 Å². The lowest BCUT2D eigenvalue weighted by molar-refractivity contribution is -0.124. The molecule has 11 heteroatoms. The fourth-order valence-corrected chi connectivity index (χ4v) is 8.34. The fourth-order valence-electron chi connectivity index (χ4n) is 8.34. The average molecular weight is 682 g/mol. The van der Waals surface area contributed by atoms with E-state index in [2.05, 4.69) is 58.4 Å². The minimum atomic E-state index is -0.232. The SMILES string of the molecule is COc1ccc2oc(N3CCCC[C@H]3C(=O)NCCN3[C@H](C)CCC[C@@H]3C)nc2c1.C[C@@H]1CCC[C@H](C)N1CCNC(=O)[C@@H]1CCCCN1. The molecule has 4 saturated heterocycles. The molecule has 2 amide bonds. The molecule has 4 aliphatic heterocycles. The number of aromatic nitrogens is 1. The standard InChI is InChI=1S/C23H34N4O3.C15H29N3O/c1-16-7-6-8-17(2)26(16)14-12-24-22(28)20-9-4-5-13-27(20)23-25-19-15-18(29-3)10-11-21(19)30-23;1-12-6-5-7-13(2)18(12)11-10-17-15(19)14-8-3-4-9-16-14/h10-11,15-17,20H,4-9,12-14H2,1-3H3,(H,24,28);12-14,16H,3-11H2,1-2H3,(H,17,19)/t16-,17+,20-;12-,13+,14-/m00/s1. The second kappa shape index (κ2) is 18.4. The zero-order valence-corrected chi connectivity index (χ0v) is 30.8. The summed E-state index contributed by atoms with van der Waals surface area (Å²) in [6, 6.07) is 8.43. The second-order valence-electron chi connectivity index (χ2n) is 14.9. The Morgan fingerprint density at radius 3 is 2.02 bits per heavy atom. The Morgan fingerprint density at radius 1 is 0.816 bits per heavy atom. The monoisotopic (exact) mass is 681 g/mol. The van der Waals surface area contributed by atoms with Gasteiger partial charge >= 0.3 is 0 Å². The largest absolute Gasteiger partial charge is 0.497 e. The first-order valence-electron chi connectivity index (χ1n) is 19.3. The first-order chi connectivity index (χ1) is 23.7. The van der Waals surface area contributed by atoms with Crippen molar-refractivity contribution in [1.29, 1.82) is 0 Å². The lowest BCUT2D eigenvalue weighted by Crippen LogP contribution is -2.52. The molecule has 3 N–H and O–H groups in total. The lowest BCUT2D eigenvalue weighted by Gasteiger charge is -2.39. The Bertz CT molecular complexity index is 1310. The van der Waals surface area contributed by atoms with Crippen molar-refractivity contribution in [3.63, 3.8) is 0 Å². The number of benzene rings is 1. The van der Waals surface area contributed by atoms with Gasteiger partial charge in [-0.25, -0.2) is 0 Å². The molecular weight excluding hydrogens is 618 g/mol. The maximum absolute atomic E-state index is 13.0. The van der Waals surface area contributed by atoms with Crippen LogP contribution in [0, 0.1) is 0 Å². The first kappa shape index (κ1) is 37.4. The number of carbonyl (C=O) groups is 2. The van der Waals surface area contributed by atoms with Gasteiger partial charge in [0.25, 0.3) is 6.01 Å². The molecule has 1 aromatic carbocycles. The molecular formula is C38H63N7O4. The van der Waals surface area contributed by atoms with E-state index in [1.807, 2.05) is 23.1 Å². The van der Waals surface area contributed by atoms with E-state index in [4.69, 9.17) is 9.15 Å². The molecule has 1 aromatic heterocycles. The van der Waals surface area contributed by atoms with Crippen LogP contribution in [0.25, 0.3) is 11.1 Å². The van der Waals surface area contributed by atoms with E-state index in [1.165, 1.54) is 51.4 Å². The molecule has 274 valence electrons. The molecule has 11 nitrogen and oxygen atoms in total. The Hall–Kier alpha value is -2.89. The van der Waals surface area contributed by atoms with Gasteiger partial charge in [0.2, 0.25) is 11.8 Å². The third-order valence-corrected chi connectivity index (χ3v) is 11.4. The molecule has 4 aliphatic rings. The topological polar surface area (TPSA) is 115 Å². The van der Waals surface area contributed by atoms with E-state index in [-0.39, 0.29) is 23.9 Å². The second-order valence-corrected chi connectivity index (χ2v) is 14.9. The number of anilines is 1. The van der Waals surface area contributed by atoms with Crippen LogP contribution in [0.15, 0.2) is 22.6 Å². The van der Waals surface area contributed by atoms with Crippen LogP contribution in [-0.4, -0.2) is 109 Å². The molecule has 6 atom stereocenters. The number of oxazole rings is 1. The number of likely N-dealkylation sites (tertiary alicyclic amines) is 2. The van der Waals surface area contributed by atoms with Gasteiger partial charge in [0.05, 0.1) is 13.2 Å². The van der Waals surface area contributed by atoms with Gasteiger partial charge in [-0.15, -0.1) is 0 Å². The number of fused-ring (bicyclic) bond motifs is 1. The lowest BCUT2D eigenvalue weighted by atomic mass is 9.97. The Kier molecular flexibility index (Phi) is 14.0. The highest BCUT2D eigenvalue weighted by Gasteiger charge is 2.32. The number of piperidine rings is 4. The number of hydrogen-bond donors (Lipinski definition) is 3. The van der Waals surface area contributed by atoms with Crippen molar-refractivity contribution in [3.05, 3.63) is 18.2 Å². The zero-order chi connectivity index (χ0) is 34.8. The summed E-state index contributed by atoms with van der Waals surface area (Å²) >= 11 is 0. The highest BCUT2D eigenvalue weighted by atomic mass is 16.5. The molecule has 2 aromatic rings. The zero-order valence-electron chi connectivity index (χ0n) is 30.8. The van der Waals surface area contributed by atoms with Gasteiger partial charge < -0.3 is 30.0 Å². The third kappa shape index (κ3) is 10.1. The van der Waals surface area contributed by atoms with Crippen LogP contribution < -0.4 is 25.6 Å². The Labute approximate surface area is 294 Å². The van der Waals surface area contributed by atoms with Crippen LogP contribution in [0.4, 0.5) is 6.01 Å². The normalized spacial score (nSPS) is 28.4. The number of nitrogens with zero attached hydrogens (tertiary/aromatic N) is 4. The highest BCUT2D eigenvalue weighted by Crippen LogP contribution is 2.30. The molecule has 6 rings (SSSR count). The summed E-state index contributed by atoms with van der Waals surface area (Å²) in [5.41, 5.74) is 1.46. The number of hydrogen-bond acceptors (Lipinski definition) is 9. The van der Waals surface area contributed by atoms with Gasteiger partial charge in [-0.05, 0) is 104 Å². The molecule has 0 aliphatic carbocycles. The molecule has 0 bridgehead atoms. The number of methoxy groups -OCH3 is 1. The summed E-state index contributed by atoms with van der Waals surface area (Å²) in [4.78, 5) is 36.8. The van der Waals surface area contributed by atoms with Crippen LogP contribution in [0.3, 0.4) is 0 Å². The predicted octanol–water partition coefficient (Wildman–Crippen LogP) is 5.08. The summed E-state index contributed by atoms with van der Waals surface area (Å²) < 4.78 is 11.3. The van der Waals surface area contributed by atoms with Crippen molar-refractivity contribution in [2.24, 2.45) is 0 Å². The number of carbonyl (C=O) groups excluding carboxylic acids is 2. The van der Waals surface area contributed by atoms with E-state index in [0.717, 1.165) is 69.7 Å². The number of nitrogens with one attached hydrogen (secondary N) is 3. The smallest absolute Gasteiger partial charge is 0.299 e. The summed E-state index contributed by atoms with van der Waals surface area (Å²) in [5.74, 6) is 1.01. The fraction of sp³-hybridized carbons (Fsp3) is 0.763. The van der Waals surface area contributed by atoms with Gasteiger partial charge in [-0.1, -0.05) is 19.3 Å². The van der Waals surface area contributed by atoms with Crippen molar-refractivity contribution in [2.75, 3.05) is 51.3 Å². The summed E-state index contributed by atoms with van der Waals surface area (Å²) in [7, 11) is 1.64. The Balaban J connectivity index is 0.000000212. The highest BCUT2D eigenvalue weighted by molar-refractivity contribution is 5.85. The molecule has 0 spiro atoms. The first-order valence-corrected chi connectivity index (χ1v) is 19.3. The molecule has 0 saturated carbocycles. The number of amides is 2. The van der Waals surface area contributed by atoms with Crippen LogP contribution in [0.2, 0.25) is 0 Å². The summed E-state index contributed by atoms with van der Waals surface area (Å²) in [6.07, 6.45) is 14.0. The van der Waals surface area contributed by atoms with E-state index in [0.29, 0.717) is 42.3 Å². The van der Waals surface area contributed by atoms with Crippen molar-refractivity contribution in [2.45, 2.75) is 141 Å². The van der Waals surface area contributed by atoms with Crippen molar-refractivity contribution < 1.29 is 18.7 Å². The van der Waals surface area contributed by atoms with Crippen LogP contribution >= 0.6 is 0 Å². The van der Waals surface area contributed by atoms with E-state index in [1.54, 1.807) is 7.11 Å². The molecule has 4 fully saturated rings. The summed E-state index contributed by atoms with van der Waals surface area (Å²) in [5, 5.41) is 9.58. The van der Waals surface area contributed by atoms with E-state index in [9.17, 15) is 9.59 Å². The van der Waals surface area contributed by atoms with Crippen LogP contribution in [0.1, 0.15) is 105 Å². The minimum absolute atomic E-state index is 0.0463. The molecule has 5 heterocycles. The maximum Gasteiger partial charge on any atom is 0.299 e. The van der Waals surface area contributed by atoms with Gasteiger partial charge in [0, 0.05) is 63.0 Å². The van der Waals surface area contributed by atoms with Gasteiger partial charge in [0.1, 0.15) is 17.3 Å². The predicted molar refractivity (Wildman–Crippen MR) is 196 cm³/mol. The van der Waals surface area contributed by atoms with Gasteiger partial charge in [-0.2, -0.15) is 4.98 Å². The molecule has 49 heavy (non-hydrogen) atoms. The maximum atomic E-state index is 13.0. The quantitative estimate of drug-likeness (QED) is 0.316. The molecule has 0 unspecified atom stereocenters. The minimum Gasteiger partial charge on any atom is -0.497 e. The van der Waals surface area contributed by atoms with Gasteiger partial charge in [-0.3, -0.25) is 19.4 Å². The molecule has 0 radical (unpaired) electrons. The average Bonchev–Trinajstić information content (AvgIpc) is 3.55. The van der Waals surface area contributed by atoms with Crippen molar-refractivity contribution in [1.82, 2.24) is 30.7 Å². The van der Waals surface area contributed by atoms with E-state index < -0.39 is 0 Å². The van der Waals surface area contributed by atoms with Crippen LogP contribution in [0.5, 0.6) is 5.75 Å².